The molecule has 128 valence electrons. The Hall–Kier alpha value is -1.65. The first kappa shape index (κ1) is 17.2. The number of hydrogen-bond donors (Lipinski definition) is 1. The van der Waals surface area contributed by atoms with Gasteiger partial charge in [-0.3, -0.25) is 9.69 Å². The van der Waals surface area contributed by atoms with E-state index in [-0.39, 0.29) is 18.1 Å². The van der Waals surface area contributed by atoms with E-state index >= 15 is 0 Å². The zero-order valence-corrected chi connectivity index (χ0v) is 14.6. The Kier molecular flexibility index (Phi) is 4.54. The van der Waals surface area contributed by atoms with Crippen molar-refractivity contribution in [1.82, 2.24) is 4.90 Å². The molecule has 3 rings (SSSR count). The van der Waals surface area contributed by atoms with Crippen LogP contribution in [0.15, 0.2) is 12.1 Å². The number of benzene rings is 1. The van der Waals surface area contributed by atoms with Crippen LogP contribution in [0.25, 0.3) is 0 Å². The van der Waals surface area contributed by atoms with Crippen LogP contribution in [0.2, 0.25) is 5.02 Å². The van der Waals surface area contributed by atoms with E-state index in [1.807, 2.05) is 19.9 Å². The Morgan fingerprint density at radius 2 is 2.17 bits per heavy atom. The second kappa shape index (κ2) is 6.34. The van der Waals surface area contributed by atoms with Gasteiger partial charge in [-0.15, -0.1) is 0 Å². The van der Waals surface area contributed by atoms with Gasteiger partial charge in [-0.25, -0.2) is 4.90 Å². The fraction of sp³-hybridized carbons (Fsp3) is 0.529. The number of fused-ring (bicyclic) bond motifs is 1. The van der Waals surface area contributed by atoms with Crippen molar-refractivity contribution in [3.05, 3.63) is 28.3 Å². The van der Waals surface area contributed by atoms with E-state index in [9.17, 15) is 9.90 Å². The summed E-state index contributed by atoms with van der Waals surface area (Å²) in [5, 5.41) is 20.0. The highest BCUT2D eigenvalue weighted by molar-refractivity contribution is 6.33. The lowest BCUT2D eigenvalue weighted by Crippen LogP contribution is -2.40. The molecule has 2 fully saturated rings. The van der Waals surface area contributed by atoms with E-state index in [0.29, 0.717) is 34.8 Å². The van der Waals surface area contributed by atoms with E-state index in [1.54, 1.807) is 24.0 Å². The molecule has 3 atom stereocenters. The van der Waals surface area contributed by atoms with Crippen molar-refractivity contribution < 1.29 is 14.6 Å². The quantitative estimate of drug-likeness (QED) is 0.903. The number of carbonyl (C=O) groups excluding carboxylic acids is 1. The van der Waals surface area contributed by atoms with Gasteiger partial charge < -0.3 is 9.84 Å². The Balaban J connectivity index is 1.95. The number of hydrogen-bond acceptors (Lipinski definition) is 5. The number of aliphatic hydroxyl groups is 1. The molecule has 1 unspecified atom stereocenters. The van der Waals surface area contributed by atoms with Crippen LogP contribution in [0.3, 0.4) is 0 Å². The van der Waals surface area contributed by atoms with Gasteiger partial charge in [0.1, 0.15) is 12.1 Å². The van der Waals surface area contributed by atoms with Crippen molar-refractivity contribution in [1.29, 1.82) is 5.26 Å². The molecule has 2 saturated heterocycles. The normalized spacial score (nSPS) is 27.0. The number of nitriles is 1. The first-order valence-electron chi connectivity index (χ1n) is 7.98. The average molecular weight is 350 g/mol. The van der Waals surface area contributed by atoms with Crippen molar-refractivity contribution >= 4 is 23.2 Å². The summed E-state index contributed by atoms with van der Waals surface area (Å²) in [7, 11) is 0. The number of aliphatic hydroxyl groups excluding tert-OH is 1. The van der Waals surface area contributed by atoms with Crippen molar-refractivity contribution in [2.75, 3.05) is 11.4 Å². The van der Waals surface area contributed by atoms with Gasteiger partial charge in [0.25, 0.3) is 0 Å². The third-order valence-corrected chi connectivity index (χ3v) is 5.07. The van der Waals surface area contributed by atoms with Crippen LogP contribution in [-0.4, -0.2) is 47.1 Å². The number of amides is 1. The molecule has 0 radical (unpaired) electrons. The highest BCUT2D eigenvalue weighted by Gasteiger charge is 2.53. The molecule has 2 aliphatic rings. The van der Waals surface area contributed by atoms with E-state index in [4.69, 9.17) is 21.6 Å². The van der Waals surface area contributed by atoms with Gasteiger partial charge in [0.2, 0.25) is 5.91 Å². The number of ether oxygens (including phenoxy) is 1. The molecular formula is C17H20ClN3O3. The molecule has 24 heavy (non-hydrogen) atoms. The maximum Gasteiger partial charge on any atom is 0.250 e. The Morgan fingerprint density at radius 3 is 2.79 bits per heavy atom. The molecule has 2 aliphatic heterocycles. The first-order chi connectivity index (χ1) is 11.4. The highest BCUT2D eigenvalue weighted by Crippen LogP contribution is 2.38. The lowest BCUT2D eigenvalue weighted by molar-refractivity contribution is -0.123. The van der Waals surface area contributed by atoms with Crippen LogP contribution in [0.5, 0.6) is 0 Å². The molecule has 1 aromatic rings. The number of halogens is 1. The third kappa shape index (κ3) is 2.58. The molecule has 6 nitrogen and oxygen atoms in total. The summed E-state index contributed by atoms with van der Waals surface area (Å²) in [5.41, 5.74) is 1.47. The molecule has 1 amide bonds. The van der Waals surface area contributed by atoms with E-state index in [2.05, 4.69) is 0 Å². The molecule has 7 heteroatoms. The Labute approximate surface area is 146 Å². The van der Waals surface area contributed by atoms with Crippen molar-refractivity contribution in [2.24, 2.45) is 0 Å². The predicted octanol–water partition coefficient (Wildman–Crippen LogP) is 2.01. The van der Waals surface area contributed by atoms with Gasteiger partial charge in [-0.05, 0) is 44.9 Å². The second-order valence-corrected chi connectivity index (χ2v) is 6.81. The molecule has 0 bridgehead atoms. The summed E-state index contributed by atoms with van der Waals surface area (Å²) < 4.78 is 5.85. The zero-order valence-electron chi connectivity index (χ0n) is 13.9. The zero-order chi connectivity index (χ0) is 17.6. The monoisotopic (exact) mass is 349 g/mol. The number of rotatable bonds is 3. The maximum absolute atomic E-state index is 12.9. The van der Waals surface area contributed by atoms with Crippen molar-refractivity contribution in [3.8, 4) is 6.07 Å². The molecule has 2 heterocycles. The molecule has 0 aromatic heterocycles. The molecule has 0 aliphatic carbocycles. The second-order valence-electron chi connectivity index (χ2n) is 6.43. The fourth-order valence-electron chi connectivity index (χ4n) is 3.51. The predicted molar refractivity (Wildman–Crippen MR) is 89.5 cm³/mol. The lowest BCUT2D eigenvalue weighted by atomic mass is 10.1. The SMILES string of the molecule is Cc1c(N2C(=O)[C@@H]3[C@H](OC(C)C)CCN3C2O)ccc(C#N)c1Cl. The van der Waals surface area contributed by atoms with Gasteiger partial charge in [0, 0.05) is 6.54 Å². The van der Waals surface area contributed by atoms with E-state index < -0.39 is 12.4 Å². The smallest absolute Gasteiger partial charge is 0.250 e. The van der Waals surface area contributed by atoms with Crippen LogP contribution in [-0.2, 0) is 9.53 Å². The summed E-state index contributed by atoms with van der Waals surface area (Å²) in [4.78, 5) is 16.0. The van der Waals surface area contributed by atoms with Gasteiger partial charge in [-0.1, -0.05) is 11.6 Å². The number of nitrogens with zero attached hydrogens (tertiary/aromatic N) is 3. The van der Waals surface area contributed by atoms with Crippen molar-refractivity contribution in [2.45, 2.75) is 51.8 Å². The van der Waals surface area contributed by atoms with Crippen LogP contribution in [0, 0.1) is 18.3 Å². The molecule has 1 aromatic carbocycles. The van der Waals surface area contributed by atoms with E-state index in [1.165, 1.54) is 4.90 Å². The minimum Gasteiger partial charge on any atom is -0.373 e. The van der Waals surface area contributed by atoms with Crippen LogP contribution in [0.1, 0.15) is 31.4 Å². The number of anilines is 1. The van der Waals surface area contributed by atoms with Crippen LogP contribution >= 0.6 is 11.6 Å². The lowest BCUT2D eigenvalue weighted by Gasteiger charge is -2.26. The van der Waals surface area contributed by atoms with Gasteiger partial charge in [0.05, 0.1) is 28.5 Å². The van der Waals surface area contributed by atoms with Crippen LogP contribution < -0.4 is 4.90 Å². The molecular weight excluding hydrogens is 330 g/mol. The van der Waals surface area contributed by atoms with E-state index in [0.717, 1.165) is 0 Å². The summed E-state index contributed by atoms with van der Waals surface area (Å²) in [6.45, 7) is 6.19. The Morgan fingerprint density at radius 1 is 1.46 bits per heavy atom. The van der Waals surface area contributed by atoms with Gasteiger partial charge in [0.15, 0.2) is 6.35 Å². The Bertz CT molecular complexity index is 716. The topological polar surface area (TPSA) is 76.8 Å². The largest absolute Gasteiger partial charge is 0.373 e. The van der Waals surface area contributed by atoms with Crippen molar-refractivity contribution in [3.63, 3.8) is 0 Å². The van der Waals surface area contributed by atoms with Gasteiger partial charge >= 0.3 is 0 Å². The molecule has 1 N–H and O–H groups in total. The summed E-state index contributed by atoms with van der Waals surface area (Å²) in [5.74, 6) is -0.200. The average Bonchev–Trinajstić information content (AvgIpc) is 3.04. The van der Waals surface area contributed by atoms with Gasteiger partial charge in [-0.2, -0.15) is 5.26 Å². The minimum absolute atomic E-state index is 0.0139. The third-order valence-electron chi connectivity index (χ3n) is 4.58. The minimum atomic E-state index is -1.05. The summed E-state index contributed by atoms with van der Waals surface area (Å²) >= 11 is 6.21. The molecule has 0 saturated carbocycles. The first-order valence-corrected chi connectivity index (χ1v) is 8.36. The maximum atomic E-state index is 12.9. The fourth-order valence-corrected chi connectivity index (χ4v) is 3.71. The van der Waals surface area contributed by atoms with Crippen LogP contribution in [0.4, 0.5) is 5.69 Å². The highest BCUT2D eigenvalue weighted by atomic mass is 35.5. The standard InChI is InChI=1S/C17H20ClN3O3/c1-9(2)24-13-6-7-20-15(13)16(22)21(17(20)23)12-5-4-11(8-19)14(18)10(12)3/h4-5,9,13,15,17,23H,6-7H2,1-3H3/t13-,15+,17?/m1/s1. The summed E-state index contributed by atoms with van der Waals surface area (Å²) in [6, 6.07) is 4.75. The molecule has 0 spiro atoms. The number of carbonyl (C=O) groups is 1. The summed E-state index contributed by atoms with van der Waals surface area (Å²) in [6.07, 6.45) is -0.552.